The van der Waals surface area contributed by atoms with Gasteiger partial charge in [0, 0.05) is 49.5 Å². The number of nitrogens with one attached hydrogen (secondary N) is 1. The van der Waals surface area contributed by atoms with E-state index in [9.17, 15) is 9.59 Å². The molecule has 3 aromatic rings. The van der Waals surface area contributed by atoms with E-state index in [0.717, 1.165) is 56.2 Å². The van der Waals surface area contributed by atoms with Gasteiger partial charge in [-0.15, -0.1) is 10.2 Å². The summed E-state index contributed by atoms with van der Waals surface area (Å²) in [6.07, 6.45) is 4.94. The molecule has 0 radical (unpaired) electrons. The van der Waals surface area contributed by atoms with E-state index in [1.807, 2.05) is 28.8 Å². The Labute approximate surface area is 184 Å². The highest BCUT2D eigenvalue weighted by Gasteiger charge is 2.25. The van der Waals surface area contributed by atoms with E-state index in [2.05, 4.69) is 20.4 Å². The molecule has 0 unspecified atom stereocenters. The summed E-state index contributed by atoms with van der Waals surface area (Å²) in [6.45, 7) is 2.29. The maximum Gasteiger partial charge on any atom is 0.251 e. The van der Waals surface area contributed by atoms with Gasteiger partial charge < -0.3 is 15.1 Å². The topological polar surface area (TPSA) is 82.8 Å². The molecule has 31 heavy (non-hydrogen) atoms. The number of rotatable bonds is 4. The zero-order valence-corrected chi connectivity index (χ0v) is 17.8. The standard InChI is InChI=1S/C22H23ClN6O2/c23-16-5-8-19-25-26-22(29(19)14-16)27-12-9-17(10-13-27)24-21(31)15-3-6-18(7-4-15)28-11-1-2-20(28)30/h3-8,14,17H,1-2,9-13H2,(H,24,31). The van der Waals surface area contributed by atoms with Crippen LogP contribution in [-0.2, 0) is 4.79 Å². The molecule has 2 saturated heterocycles. The zero-order chi connectivity index (χ0) is 21.4. The Morgan fingerprint density at radius 3 is 2.52 bits per heavy atom. The second-order valence-corrected chi connectivity index (χ2v) is 8.44. The van der Waals surface area contributed by atoms with Crippen molar-refractivity contribution in [3.63, 3.8) is 0 Å². The van der Waals surface area contributed by atoms with Crippen LogP contribution in [0, 0.1) is 0 Å². The van der Waals surface area contributed by atoms with Gasteiger partial charge >= 0.3 is 0 Å². The van der Waals surface area contributed by atoms with Crippen molar-refractivity contribution < 1.29 is 9.59 Å². The van der Waals surface area contributed by atoms with Crippen molar-refractivity contribution in [3.8, 4) is 0 Å². The summed E-state index contributed by atoms with van der Waals surface area (Å²) in [6, 6.07) is 11.0. The third-order valence-corrected chi connectivity index (χ3v) is 6.20. The maximum atomic E-state index is 12.7. The van der Waals surface area contributed by atoms with E-state index in [1.54, 1.807) is 23.1 Å². The van der Waals surface area contributed by atoms with Gasteiger partial charge in [-0.05, 0) is 55.7 Å². The Balaban J connectivity index is 1.19. The molecule has 0 aliphatic carbocycles. The van der Waals surface area contributed by atoms with Crippen LogP contribution in [0.2, 0.25) is 5.02 Å². The van der Waals surface area contributed by atoms with Crippen LogP contribution in [-0.4, -0.2) is 52.1 Å². The van der Waals surface area contributed by atoms with Crippen molar-refractivity contribution in [2.75, 3.05) is 29.4 Å². The number of benzene rings is 1. The lowest BCUT2D eigenvalue weighted by atomic mass is 10.0. The van der Waals surface area contributed by atoms with E-state index in [1.165, 1.54) is 0 Å². The number of anilines is 2. The van der Waals surface area contributed by atoms with Gasteiger partial charge in [0.25, 0.3) is 5.91 Å². The van der Waals surface area contributed by atoms with E-state index in [0.29, 0.717) is 17.0 Å². The van der Waals surface area contributed by atoms with Gasteiger partial charge in [0.05, 0.1) is 5.02 Å². The SMILES string of the molecule is O=C(NC1CCN(c2nnc3ccc(Cl)cn23)CC1)c1ccc(N2CCCC2=O)cc1. The molecule has 9 heteroatoms. The minimum atomic E-state index is -0.0857. The second-order valence-electron chi connectivity index (χ2n) is 8.01. The smallest absolute Gasteiger partial charge is 0.251 e. The van der Waals surface area contributed by atoms with E-state index in [4.69, 9.17) is 11.6 Å². The van der Waals surface area contributed by atoms with Gasteiger partial charge in [0.2, 0.25) is 11.9 Å². The summed E-state index contributed by atoms with van der Waals surface area (Å²) in [7, 11) is 0. The molecule has 2 aromatic heterocycles. The Kier molecular flexibility index (Phi) is 5.23. The molecule has 1 N–H and O–H groups in total. The predicted octanol–water partition coefficient (Wildman–Crippen LogP) is 2.91. The van der Waals surface area contributed by atoms with Crippen LogP contribution in [0.4, 0.5) is 11.6 Å². The fourth-order valence-electron chi connectivity index (χ4n) is 4.27. The fraction of sp³-hybridized carbons (Fsp3) is 0.364. The van der Waals surface area contributed by atoms with Gasteiger partial charge in [-0.1, -0.05) is 11.6 Å². The number of piperidine rings is 1. The van der Waals surface area contributed by atoms with Crippen LogP contribution in [0.5, 0.6) is 0 Å². The van der Waals surface area contributed by atoms with Crippen LogP contribution in [0.25, 0.3) is 5.65 Å². The molecule has 2 fully saturated rings. The monoisotopic (exact) mass is 438 g/mol. The van der Waals surface area contributed by atoms with Crippen molar-refractivity contribution in [1.82, 2.24) is 19.9 Å². The van der Waals surface area contributed by atoms with E-state index >= 15 is 0 Å². The van der Waals surface area contributed by atoms with Crippen molar-refractivity contribution in [2.24, 2.45) is 0 Å². The molecule has 1 aromatic carbocycles. The Bertz CT molecular complexity index is 1120. The number of pyridine rings is 1. The molecule has 5 rings (SSSR count). The van der Waals surface area contributed by atoms with Crippen LogP contribution in [0.1, 0.15) is 36.0 Å². The Morgan fingerprint density at radius 1 is 1.03 bits per heavy atom. The molecular formula is C22H23ClN6O2. The minimum Gasteiger partial charge on any atom is -0.349 e. The van der Waals surface area contributed by atoms with Crippen LogP contribution in [0.15, 0.2) is 42.6 Å². The number of hydrogen-bond donors (Lipinski definition) is 1. The lowest BCUT2D eigenvalue weighted by molar-refractivity contribution is -0.117. The van der Waals surface area contributed by atoms with Crippen LogP contribution < -0.4 is 15.1 Å². The van der Waals surface area contributed by atoms with Crippen molar-refractivity contribution in [2.45, 2.75) is 31.7 Å². The first-order valence-electron chi connectivity index (χ1n) is 10.5. The fourth-order valence-corrected chi connectivity index (χ4v) is 4.44. The number of aromatic nitrogens is 3. The lowest BCUT2D eigenvalue weighted by Gasteiger charge is -2.32. The van der Waals surface area contributed by atoms with Crippen LogP contribution >= 0.6 is 11.6 Å². The summed E-state index contributed by atoms with van der Waals surface area (Å²) < 4.78 is 1.90. The second kappa shape index (κ2) is 8.19. The first kappa shape index (κ1) is 19.8. The molecule has 0 atom stereocenters. The first-order valence-corrected chi connectivity index (χ1v) is 10.9. The van der Waals surface area contributed by atoms with Crippen LogP contribution in [0.3, 0.4) is 0 Å². The van der Waals surface area contributed by atoms with E-state index in [-0.39, 0.29) is 17.9 Å². The normalized spacial score (nSPS) is 17.5. The number of carbonyl (C=O) groups excluding carboxylic acids is 2. The van der Waals surface area contributed by atoms with Crippen molar-refractivity contribution in [1.29, 1.82) is 0 Å². The highest BCUT2D eigenvalue weighted by atomic mass is 35.5. The minimum absolute atomic E-state index is 0.0857. The average Bonchev–Trinajstić information content (AvgIpc) is 3.40. The summed E-state index contributed by atoms with van der Waals surface area (Å²) in [5.41, 5.74) is 2.22. The van der Waals surface area contributed by atoms with Gasteiger partial charge in [-0.2, -0.15) is 0 Å². The highest BCUT2D eigenvalue weighted by molar-refractivity contribution is 6.30. The molecule has 160 valence electrons. The summed E-state index contributed by atoms with van der Waals surface area (Å²) in [5.74, 6) is 0.832. The average molecular weight is 439 g/mol. The number of hydrogen-bond acceptors (Lipinski definition) is 5. The van der Waals surface area contributed by atoms with Crippen molar-refractivity contribution in [3.05, 3.63) is 53.2 Å². The zero-order valence-electron chi connectivity index (χ0n) is 17.0. The molecule has 2 aliphatic heterocycles. The first-order chi connectivity index (χ1) is 15.1. The third-order valence-electron chi connectivity index (χ3n) is 5.98. The van der Waals surface area contributed by atoms with E-state index < -0.39 is 0 Å². The molecular weight excluding hydrogens is 416 g/mol. The number of fused-ring (bicyclic) bond motifs is 1. The van der Waals surface area contributed by atoms with Gasteiger partial charge in [0.15, 0.2) is 5.65 Å². The molecule has 4 heterocycles. The van der Waals surface area contributed by atoms with Crippen molar-refractivity contribution >= 4 is 40.7 Å². The van der Waals surface area contributed by atoms with Gasteiger partial charge in [-0.3, -0.25) is 14.0 Å². The Morgan fingerprint density at radius 2 is 1.81 bits per heavy atom. The Hall–Kier alpha value is -3.13. The number of carbonyl (C=O) groups is 2. The molecule has 8 nitrogen and oxygen atoms in total. The number of nitrogens with zero attached hydrogens (tertiary/aromatic N) is 5. The van der Waals surface area contributed by atoms with Gasteiger partial charge in [0.1, 0.15) is 0 Å². The van der Waals surface area contributed by atoms with Gasteiger partial charge in [-0.25, -0.2) is 0 Å². The summed E-state index contributed by atoms with van der Waals surface area (Å²) in [4.78, 5) is 28.5. The third kappa shape index (κ3) is 3.95. The molecule has 0 spiro atoms. The molecule has 0 saturated carbocycles. The predicted molar refractivity (Wildman–Crippen MR) is 119 cm³/mol. The highest BCUT2D eigenvalue weighted by Crippen LogP contribution is 2.23. The number of halogens is 1. The quantitative estimate of drug-likeness (QED) is 0.677. The largest absolute Gasteiger partial charge is 0.349 e. The summed E-state index contributed by atoms with van der Waals surface area (Å²) >= 11 is 6.12. The summed E-state index contributed by atoms with van der Waals surface area (Å²) in [5, 5.41) is 12.3. The number of amides is 2. The molecule has 2 amide bonds. The lowest BCUT2D eigenvalue weighted by Crippen LogP contribution is -2.45. The molecule has 2 aliphatic rings. The molecule has 0 bridgehead atoms. The maximum absolute atomic E-state index is 12.7.